The van der Waals surface area contributed by atoms with Gasteiger partial charge in [-0.1, -0.05) is 359 Å². The van der Waals surface area contributed by atoms with Crippen molar-refractivity contribution in [2.45, 2.75) is 204 Å². The van der Waals surface area contributed by atoms with Gasteiger partial charge >= 0.3 is 0 Å². The number of aryl methyl sites for hydroxylation is 1. The molecule has 0 spiro atoms. The topological polar surface area (TPSA) is 0 Å². The Morgan fingerprint density at radius 2 is 0.674 bits per heavy atom. The Bertz CT molecular complexity index is 3240. The fraction of sp³-hybridized carbons (Fsp3) is 0.372. The molecule has 0 aromatic heterocycles. The van der Waals surface area contributed by atoms with Crippen LogP contribution in [-0.4, -0.2) is 0 Å². The van der Waals surface area contributed by atoms with Crippen LogP contribution in [0.25, 0.3) is 32.3 Å². The van der Waals surface area contributed by atoms with Crippen LogP contribution in [0.15, 0.2) is 243 Å². The number of hydrogen-bond donors (Lipinski definition) is 0. The lowest BCUT2D eigenvalue weighted by atomic mass is 9.82. The maximum absolute atomic E-state index is 2.33. The van der Waals surface area contributed by atoms with Gasteiger partial charge in [-0.05, 0) is 170 Å². The van der Waals surface area contributed by atoms with Crippen molar-refractivity contribution in [3.05, 3.63) is 287 Å². The molecule has 0 heterocycles. The summed E-state index contributed by atoms with van der Waals surface area (Å²) in [5.74, 6) is 3.48. The van der Waals surface area contributed by atoms with E-state index >= 15 is 0 Å². The number of fused-ring (bicyclic) bond motifs is 3. The summed E-state index contributed by atoms with van der Waals surface area (Å²) in [5.41, 5.74) is 12.2. The molecule has 456 valence electrons. The lowest BCUT2D eigenvalue weighted by Crippen LogP contribution is -2.14. The Morgan fingerprint density at radius 3 is 1.09 bits per heavy atom. The Hall–Kier alpha value is -7.02. The zero-order valence-electron chi connectivity index (χ0n) is 56.6. The van der Waals surface area contributed by atoms with Gasteiger partial charge in [0.1, 0.15) is 0 Å². The smallest absolute Gasteiger partial charge is 0.0106 e. The monoisotopic (exact) mass is 1140 g/mol. The molecule has 0 N–H and O–H groups in total. The van der Waals surface area contributed by atoms with Gasteiger partial charge in [-0.2, -0.15) is 0 Å². The second-order valence-electron chi connectivity index (χ2n) is 25.3. The van der Waals surface area contributed by atoms with E-state index in [2.05, 4.69) is 360 Å². The highest BCUT2D eigenvalue weighted by atomic mass is 14.2. The molecule has 0 bridgehead atoms. The van der Waals surface area contributed by atoms with Crippen LogP contribution in [0, 0.1) is 12.8 Å². The third-order valence-corrected chi connectivity index (χ3v) is 18.1. The highest BCUT2D eigenvalue weighted by Crippen LogP contribution is 2.35. The van der Waals surface area contributed by atoms with Crippen LogP contribution in [0.3, 0.4) is 0 Å². The van der Waals surface area contributed by atoms with E-state index in [4.69, 9.17) is 0 Å². The molecule has 0 aliphatic carbocycles. The molecule has 5 atom stereocenters. The van der Waals surface area contributed by atoms with E-state index in [1.807, 2.05) is 0 Å². The van der Waals surface area contributed by atoms with Crippen molar-refractivity contribution in [2.24, 2.45) is 5.92 Å². The first-order chi connectivity index (χ1) is 41.4. The van der Waals surface area contributed by atoms with Gasteiger partial charge in [-0.3, -0.25) is 0 Å². The predicted molar refractivity (Wildman–Crippen MR) is 387 cm³/mol. The van der Waals surface area contributed by atoms with E-state index < -0.39 is 0 Å². The Labute approximate surface area is 526 Å². The largest absolute Gasteiger partial charge is 0.0651 e. The van der Waals surface area contributed by atoms with Gasteiger partial charge in [-0.15, -0.1) is 0 Å². The Kier molecular flexibility index (Phi) is 31.7. The molecule has 0 amide bonds. The molecule has 86 heavy (non-hydrogen) atoms. The quantitative estimate of drug-likeness (QED) is 0.0898. The summed E-state index contributed by atoms with van der Waals surface area (Å²) in [5, 5.41) is 8.28. The standard InChI is InChI=1S/C18H18.C14H16.4C11H16.C10H14/c1-3-13(2)18-16-10-6-4-8-14(16)12-15-9-5-7-11-17(15)18;1-3-11(2)13-10-6-8-12-7-4-5-9-14(12)13;1-4-10(3)11-7-5-9(2)6-8-11;2*1-4-11(2,3)10-8-6-5-7-9-10;1-3-10(2)9-11-7-5-4-6-8-11;1-3-9(2)10-7-5-4-6-8-10/h4-13H,3H2,1-2H3;4-11H,3H2,1-2H3;5-8,10H,4H2,1-3H3;2*5-9H,4H2,1-3H3;4-8,10H,3,9H2,1-2H3;4-9H,3H2,1-2H3. The molecular formula is C86H112. The summed E-state index contributed by atoms with van der Waals surface area (Å²) in [6.45, 7) is 38.3. The average Bonchev–Trinajstić information content (AvgIpc) is 2.29. The van der Waals surface area contributed by atoms with Gasteiger partial charge < -0.3 is 0 Å². The van der Waals surface area contributed by atoms with Crippen LogP contribution in [0.4, 0.5) is 0 Å². The molecule has 0 aliphatic rings. The van der Waals surface area contributed by atoms with Crippen molar-refractivity contribution in [3.63, 3.8) is 0 Å². The van der Waals surface area contributed by atoms with Gasteiger partial charge in [0.05, 0.1) is 0 Å². The molecule has 10 aromatic carbocycles. The Balaban J connectivity index is 0.000000217. The van der Waals surface area contributed by atoms with Crippen LogP contribution in [0.1, 0.15) is 224 Å². The summed E-state index contributed by atoms with van der Waals surface area (Å²) >= 11 is 0. The van der Waals surface area contributed by atoms with Gasteiger partial charge in [0.15, 0.2) is 0 Å². The normalized spacial score (nSPS) is 12.6. The minimum Gasteiger partial charge on any atom is -0.0651 e. The molecule has 0 fully saturated rings. The molecule has 0 radical (unpaired) electrons. The molecule has 0 heteroatoms. The molecule has 0 saturated heterocycles. The summed E-state index contributed by atoms with van der Waals surface area (Å²) < 4.78 is 0. The van der Waals surface area contributed by atoms with E-state index in [1.54, 1.807) is 0 Å². The van der Waals surface area contributed by atoms with E-state index in [-0.39, 0.29) is 0 Å². The second-order valence-corrected chi connectivity index (χ2v) is 25.3. The van der Waals surface area contributed by atoms with Gasteiger partial charge in [-0.25, -0.2) is 0 Å². The van der Waals surface area contributed by atoms with Gasteiger partial charge in [0, 0.05) is 0 Å². The maximum Gasteiger partial charge on any atom is -0.0106 e. The first-order valence-corrected chi connectivity index (χ1v) is 33.0. The fourth-order valence-corrected chi connectivity index (χ4v) is 10.2. The first-order valence-electron chi connectivity index (χ1n) is 33.0. The molecule has 10 rings (SSSR count). The fourth-order valence-electron chi connectivity index (χ4n) is 10.2. The van der Waals surface area contributed by atoms with E-state index in [9.17, 15) is 0 Å². The Morgan fingerprint density at radius 1 is 0.314 bits per heavy atom. The lowest BCUT2D eigenvalue weighted by molar-refractivity contribution is 0.506. The van der Waals surface area contributed by atoms with Gasteiger partial charge in [0.25, 0.3) is 0 Å². The molecule has 5 unspecified atom stereocenters. The van der Waals surface area contributed by atoms with Crippen LogP contribution in [0.5, 0.6) is 0 Å². The minimum atomic E-state index is 0.335. The lowest BCUT2D eigenvalue weighted by Gasteiger charge is -2.22. The van der Waals surface area contributed by atoms with Gasteiger partial charge in [0.2, 0.25) is 0 Å². The number of benzene rings is 10. The molecule has 0 saturated carbocycles. The third-order valence-electron chi connectivity index (χ3n) is 18.1. The van der Waals surface area contributed by atoms with Crippen molar-refractivity contribution in [1.29, 1.82) is 0 Å². The molecule has 0 nitrogen and oxygen atoms in total. The van der Waals surface area contributed by atoms with Crippen LogP contribution in [0.2, 0.25) is 0 Å². The van der Waals surface area contributed by atoms with Crippen molar-refractivity contribution < 1.29 is 0 Å². The SMILES string of the molecule is CCC(C)(C)c1ccccc1.CCC(C)(C)c1ccccc1.CCC(C)Cc1ccccc1.CCC(C)c1c2ccccc2cc2ccccc12.CCC(C)c1ccc(C)cc1.CCC(C)c1cccc2ccccc12.CCC(C)c1ccccc1. The predicted octanol–water partition coefficient (Wildman–Crippen LogP) is 26.6. The summed E-state index contributed by atoms with van der Waals surface area (Å²) in [4.78, 5) is 0. The number of hydrogen-bond acceptors (Lipinski definition) is 0. The van der Waals surface area contributed by atoms with E-state index in [1.165, 1.54) is 128 Å². The van der Waals surface area contributed by atoms with Crippen LogP contribution < -0.4 is 0 Å². The highest BCUT2D eigenvalue weighted by molar-refractivity contribution is 6.02. The highest BCUT2D eigenvalue weighted by Gasteiger charge is 2.18. The summed E-state index contributed by atoms with van der Waals surface area (Å²) in [7, 11) is 0. The second kappa shape index (κ2) is 38.2. The van der Waals surface area contributed by atoms with Crippen molar-refractivity contribution >= 4 is 32.3 Å². The molecular weight excluding hydrogens is 1030 g/mol. The van der Waals surface area contributed by atoms with Crippen molar-refractivity contribution in [2.75, 3.05) is 0 Å². The van der Waals surface area contributed by atoms with Crippen molar-refractivity contribution in [3.8, 4) is 0 Å². The first kappa shape index (κ1) is 71.5. The molecule has 0 aliphatic heterocycles. The zero-order chi connectivity index (χ0) is 62.9. The van der Waals surface area contributed by atoms with E-state index in [0.29, 0.717) is 34.5 Å². The van der Waals surface area contributed by atoms with Crippen molar-refractivity contribution in [1.82, 2.24) is 0 Å². The minimum absolute atomic E-state index is 0.335. The van der Waals surface area contributed by atoms with Crippen LogP contribution in [-0.2, 0) is 17.3 Å². The third kappa shape index (κ3) is 23.3. The van der Waals surface area contributed by atoms with E-state index in [0.717, 1.165) is 5.92 Å². The maximum atomic E-state index is 2.33. The molecule has 10 aromatic rings. The zero-order valence-corrected chi connectivity index (χ0v) is 56.6. The average molecular weight is 1150 g/mol. The van der Waals surface area contributed by atoms with Crippen LogP contribution >= 0.6 is 0 Å². The summed E-state index contributed by atoms with van der Waals surface area (Å²) in [6.07, 6.45) is 9.71. The summed E-state index contributed by atoms with van der Waals surface area (Å²) in [6, 6.07) is 86.5. The number of rotatable bonds is 15.